The topological polar surface area (TPSA) is 12.9 Å². The third-order valence-corrected chi connectivity index (χ3v) is 3.10. The standard InChI is InChI=1S/C10H11NS2/c1-10(2,12)8-3-4-9-7(5-8)6-11-13-9/h3-6,12H,1-2H3. The van der Waals surface area contributed by atoms with Crippen molar-refractivity contribution in [3.05, 3.63) is 30.0 Å². The molecule has 1 aromatic carbocycles. The fourth-order valence-corrected chi connectivity index (χ4v) is 2.02. The Kier molecular flexibility index (Phi) is 2.08. The molecule has 1 aromatic heterocycles. The lowest BCUT2D eigenvalue weighted by molar-refractivity contribution is 0.793. The minimum atomic E-state index is -0.0733. The van der Waals surface area contributed by atoms with E-state index in [1.165, 1.54) is 27.2 Å². The number of rotatable bonds is 1. The summed E-state index contributed by atoms with van der Waals surface area (Å²) in [6.45, 7) is 4.19. The van der Waals surface area contributed by atoms with E-state index in [2.05, 4.69) is 49.0 Å². The third-order valence-electron chi connectivity index (χ3n) is 2.06. The van der Waals surface area contributed by atoms with Crippen LogP contribution >= 0.6 is 24.2 Å². The van der Waals surface area contributed by atoms with Crippen molar-refractivity contribution < 1.29 is 0 Å². The van der Waals surface area contributed by atoms with E-state index in [-0.39, 0.29) is 4.75 Å². The van der Waals surface area contributed by atoms with Crippen LogP contribution in [0.2, 0.25) is 0 Å². The number of aromatic nitrogens is 1. The van der Waals surface area contributed by atoms with Crippen molar-refractivity contribution in [3.8, 4) is 0 Å². The van der Waals surface area contributed by atoms with Gasteiger partial charge in [-0.3, -0.25) is 0 Å². The van der Waals surface area contributed by atoms with Crippen molar-refractivity contribution in [1.82, 2.24) is 4.37 Å². The van der Waals surface area contributed by atoms with Gasteiger partial charge in [0.15, 0.2) is 0 Å². The van der Waals surface area contributed by atoms with Gasteiger partial charge in [0, 0.05) is 16.3 Å². The highest BCUT2D eigenvalue weighted by molar-refractivity contribution is 7.81. The molecule has 0 aliphatic carbocycles. The zero-order valence-corrected chi connectivity index (χ0v) is 9.32. The molecule has 3 heteroatoms. The van der Waals surface area contributed by atoms with Crippen molar-refractivity contribution in [2.45, 2.75) is 18.6 Å². The van der Waals surface area contributed by atoms with E-state index < -0.39 is 0 Å². The monoisotopic (exact) mass is 209 g/mol. The molecule has 0 atom stereocenters. The highest BCUT2D eigenvalue weighted by Crippen LogP contribution is 2.30. The van der Waals surface area contributed by atoms with Crippen molar-refractivity contribution >= 4 is 34.2 Å². The molecule has 13 heavy (non-hydrogen) atoms. The fourth-order valence-electron chi connectivity index (χ4n) is 1.25. The Morgan fingerprint density at radius 2 is 2.15 bits per heavy atom. The highest BCUT2D eigenvalue weighted by Gasteiger charge is 2.14. The van der Waals surface area contributed by atoms with E-state index in [0.29, 0.717) is 0 Å². The van der Waals surface area contributed by atoms with Crippen molar-refractivity contribution in [2.75, 3.05) is 0 Å². The minimum Gasteiger partial charge on any atom is -0.200 e. The molecule has 0 N–H and O–H groups in total. The second-order valence-corrected chi connectivity index (χ2v) is 5.59. The zero-order valence-electron chi connectivity index (χ0n) is 7.61. The number of hydrogen-bond acceptors (Lipinski definition) is 3. The summed E-state index contributed by atoms with van der Waals surface area (Å²) >= 11 is 6.07. The molecular weight excluding hydrogens is 198 g/mol. The maximum atomic E-state index is 4.53. The first-order valence-electron chi connectivity index (χ1n) is 4.15. The largest absolute Gasteiger partial charge is 0.200 e. The van der Waals surface area contributed by atoms with Gasteiger partial charge in [-0.15, -0.1) is 0 Å². The number of benzene rings is 1. The molecule has 2 aromatic rings. The Bertz CT molecular complexity index is 426. The van der Waals surface area contributed by atoms with Crippen molar-refractivity contribution in [1.29, 1.82) is 0 Å². The van der Waals surface area contributed by atoms with Crippen LogP contribution in [0.1, 0.15) is 19.4 Å². The Hall–Kier alpha value is -0.540. The molecule has 1 heterocycles. The van der Waals surface area contributed by atoms with E-state index in [0.717, 1.165) is 0 Å². The van der Waals surface area contributed by atoms with Crippen LogP contribution in [0.4, 0.5) is 0 Å². The Balaban J connectivity index is 2.61. The maximum Gasteiger partial charge on any atom is 0.0550 e. The molecular formula is C10H11NS2. The molecule has 0 bridgehead atoms. The van der Waals surface area contributed by atoms with E-state index in [4.69, 9.17) is 0 Å². The van der Waals surface area contributed by atoms with E-state index >= 15 is 0 Å². The number of fused-ring (bicyclic) bond motifs is 1. The Labute approximate surface area is 87.4 Å². The molecule has 0 aliphatic rings. The minimum absolute atomic E-state index is 0.0733. The molecule has 0 fully saturated rings. The van der Waals surface area contributed by atoms with Gasteiger partial charge in [-0.25, -0.2) is 0 Å². The highest BCUT2D eigenvalue weighted by atomic mass is 32.1. The molecule has 0 spiro atoms. The summed E-state index contributed by atoms with van der Waals surface area (Å²) in [5.41, 5.74) is 1.24. The molecule has 0 aliphatic heterocycles. The van der Waals surface area contributed by atoms with Crippen LogP contribution in [-0.4, -0.2) is 4.37 Å². The second-order valence-electron chi connectivity index (χ2n) is 3.64. The summed E-state index contributed by atoms with van der Waals surface area (Å²) in [5.74, 6) is 0. The summed E-state index contributed by atoms with van der Waals surface area (Å²) in [7, 11) is 0. The lowest BCUT2D eigenvalue weighted by atomic mass is 10.0. The lowest BCUT2D eigenvalue weighted by Crippen LogP contribution is -2.06. The van der Waals surface area contributed by atoms with Gasteiger partial charge in [0.05, 0.1) is 4.70 Å². The van der Waals surface area contributed by atoms with Crippen LogP contribution in [0.5, 0.6) is 0 Å². The molecule has 0 radical (unpaired) electrons. The SMILES string of the molecule is CC(C)(S)c1ccc2sncc2c1. The predicted octanol–water partition coefficient (Wildman–Crippen LogP) is 3.46. The van der Waals surface area contributed by atoms with E-state index in [9.17, 15) is 0 Å². The second kappa shape index (κ2) is 3.00. The summed E-state index contributed by atoms with van der Waals surface area (Å²) < 4.78 is 5.31. The average Bonchev–Trinajstić information content (AvgIpc) is 2.47. The normalized spacial score (nSPS) is 12.2. The van der Waals surface area contributed by atoms with Crippen molar-refractivity contribution in [3.63, 3.8) is 0 Å². The molecule has 68 valence electrons. The molecule has 0 unspecified atom stereocenters. The average molecular weight is 209 g/mol. The molecule has 2 rings (SSSR count). The maximum absolute atomic E-state index is 4.53. The first-order chi connectivity index (χ1) is 6.07. The third kappa shape index (κ3) is 1.71. The summed E-state index contributed by atoms with van der Waals surface area (Å²) in [4.78, 5) is 0. The first kappa shape index (κ1) is 9.03. The lowest BCUT2D eigenvalue weighted by Gasteiger charge is -2.17. The van der Waals surface area contributed by atoms with Gasteiger partial charge < -0.3 is 0 Å². The van der Waals surface area contributed by atoms with Crippen LogP contribution in [0.3, 0.4) is 0 Å². The van der Waals surface area contributed by atoms with Gasteiger partial charge in [0.25, 0.3) is 0 Å². The summed E-state index contributed by atoms with van der Waals surface area (Å²) in [5, 5.41) is 1.21. The van der Waals surface area contributed by atoms with Gasteiger partial charge >= 0.3 is 0 Å². The number of hydrogen-bond donors (Lipinski definition) is 1. The number of thiol groups is 1. The smallest absolute Gasteiger partial charge is 0.0550 e. The summed E-state index contributed by atoms with van der Waals surface area (Å²) in [6, 6.07) is 6.39. The summed E-state index contributed by atoms with van der Waals surface area (Å²) in [6.07, 6.45) is 1.91. The van der Waals surface area contributed by atoms with Crippen LogP contribution in [0.15, 0.2) is 24.4 Å². The van der Waals surface area contributed by atoms with Crippen molar-refractivity contribution in [2.24, 2.45) is 0 Å². The van der Waals surface area contributed by atoms with Gasteiger partial charge in [-0.1, -0.05) is 6.07 Å². The van der Waals surface area contributed by atoms with Gasteiger partial charge in [-0.2, -0.15) is 17.0 Å². The predicted molar refractivity (Wildman–Crippen MR) is 61.6 cm³/mol. The van der Waals surface area contributed by atoms with E-state index in [1.54, 1.807) is 0 Å². The van der Waals surface area contributed by atoms with Gasteiger partial charge in [0.2, 0.25) is 0 Å². The van der Waals surface area contributed by atoms with E-state index in [1.807, 2.05) is 6.20 Å². The molecule has 0 saturated carbocycles. The Morgan fingerprint density at radius 3 is 2.85 bits per heavy atom. The Morgan fingerprint density at radius 1 is 1.38 bits per heavy atom. The fraction of sp³-hybridized carbons (Fsp3) is 0.300. The molecule has 0 amide bonds. The molecule has 0 saturated heterocycles. The molecule has 1 nitrogen and oxygen atoms in total. The van der Waals surface area contributed by atoms with Gasteiger partial charge in [-0.05, 0) is 43.1 Å². The van der Waals surface area contributed by atoms with Gasteiger partial charge in [0.1, 0.15) is 0 Å². The van der Waals surface area contributed by atoms with Crippen LogP contribution in [0.25, 0.3) is 10.1 Å². The van der Waals surface area contributed by atoms with Crippen LogP contribution in [0, 0.1) is 0 Å². The quantitative estimate of drug-likeness (QED) is 0.710. The van der Waals surface area contributed by atoms with Crippen LogP contribution in [-0.2, 0) is 4.75 Å². The first-order valence-corrected chi connectivity index (χ1v) is 5.37. The number of nitrogens with zero attached hydrogens (tertiary/aromatic N) is 1. The zero-order chi connectivity index (χ0) is 9.47. The van der Waals surface area contributed by atoms with Crippen LogP contribution < -0.4 is 0 Å².